The van der Waals surface area contributed by atoms with Crippen LogP contribution in [-0.2, 0) is 6.54 Å². The Morgan fingerprint density at radius 1 is 1.20 bits per heavy atom. The van der Waals surface area contributed by atoms with E-state index in [1.54, 1.807) is 18.6 Å². The maximum Gasteiger partial charge on any atom is 0.261 e. The number of amides is 1. The second-order valence-corrected chi connectivity index (χ2v) is 8.59. The summed E-state index contributed by atoms with van der Waals surface area (Å²) in [6.07, 6.45) is 6.85. The van der Waals surface area contributed by atoms with Gasteiger partial charge >= 0.3 is 0 Å². The molecule has 8 heteroatoms. The fourth-order valence-electron chi connectivity index (χ4n) is 4.90. The van der Waals surface area contributed by atoms with E-state index in [1.807, 2.05) is 21.6 Å². The Hall–Kier alpha value is -2.48. The Balaban J connectivity index is 1.22. The Morgan fingerprint density at radius 3 is 2.80 bits per heavy atom. The first-order valence-electron chi connectivity index (χ1n) is 10.7. The van der Waals surface area contributed by atoms with Gasteiger partial charge in [0.15, 0.2) is 0 Å². The molecule has 6 nitrogen and oxygen atoms in total. The molecule has 160 valence electrons. The zero-order valence-corrected chi connectivity index (χ0v) is 16.8. The molecule has 2 aliphatic heterocycles. The Kier molecular flexibility index (Phi) is 4.97. The van der Waals surface area contributed by atoms with E-state index in [4.69, 9.17) is 4.74 Å². The molecule has 1 aromatic heterocycles. The molecular formula is C22H26F2N4O2. The number of fused-ring (bicyclic) bond motifs is 3. The molecule has 5 rings (SSSR count). The lowest BCUT2D eigenvalue weighted by atomic mass is 9.90. The van der Waals surface area contributed by atoms with Gasteiger partial charge in [0.2, 0.25) is 0 Å². The second-order valence-electron chi connectivity index (χ2n) is 8.59. The molecule has 0 spiro atoms. The number of imidazole rings is 1. The number of hydrogen-bond donors (Lipinski definition) is 1. The first-order valence-corrected chi connectivity index (χ1v) is 10.7. The quantitative estimate of drug-likeness (QED) is 0.834. The minimum absolute atomic E-state index is 0.0371. The van der Waals surface area contributed by atoms with Gasteiger partial charge in [0.05, 0.1) is 31.3 Å². The number of nitrogens with one attached hydrogen (secondary N) is 1. The molecule has 1 saturated carbocycles. The SMILES string of the molecule is O=C(NC1CCC(N2CCC(F)(F)C2)CC1)c1ccc2c(c1)-c1cncn1CCO2. The lowest BCUT2D eigenvalue weighted by molar-refractivity contribution is 0.00505. The van der Waals surface area contributed by atoms with Crippen molar-refractivity contribution < 1.29 is 18.3 Å². The molecule has 0 bridgehead atoms. The molecule has 2 aromatic rings. The third-order valence-electron chi connectivity index (χ3n) is 6.57. The van der Waals surface area contributed by atoms with Crippen molar-refractivity contribution in [3.8, 4) is 17.0 Å². The first kappa shape index (κ1) is 19.5. The van der Waals surface area contributed by atoms with E-state index in [9.17, 15) is 13.6 Å². The van der Waals surface area contributed by atoms with Crippen molar-refractivity contribution in [1.29, 1.82) is 0 Å². The molecule has 3 heterocycles. The number of rotatable bonds is 3. The van der Waals surface area contributed by atoms with Crippen LogP contribution in [0.3, 0.4) is 0 Å². The lowest BCUT2D eigenvalue weighted by Crippen LogP contribution is -2.43. The second kappa shape index (κ2) is 7.65. The van der Waals surface area contributed by atoms with E-state index < -0.39 is 5.92 Å². The van der Waals surface area contributed by atoms with Crippen LogP contribution in [0.25, 0.3) is 11.3 Å². The summed E-state index contributed by atoms with van der Waals surface area (Å²) < 4.78 is 34.8. The van der Waals surface area contributed by atoms with Crippen molar-refractivity contribution in [3.63, 3.8) is 0 Å². The van der Waals surface area contributed by atoms with E-state index in [0.29, 0.717) is 18.7 Å². The summed E-state index contributed by atoms with van der Waals surface area (Å²) in [5, 5.41) is 3.13. The van der Waals surface area contributed by atoms with Crippen molar-refractivity contribution in [2.45, 2.75) is 56.7 Å². The molecule has 1 saturated heterocycles. The highest BCUT2D eigenvalue weighted by Crippen LogP contribution is 2.34. The fraction of sp³-hybridized carbons (Fsp3) is 0.545. The molecule has 0 radical (unpaired) electrons. The van der Waals surface area contributed by atoms with Gasteiger partial charge < -0.3 is 14.6 Å². The van der Waals surface area contributed by atoms with Gasteiger partial charge in [0, 0.05) is 36.2 Å². The fourth-order valence-corrected chi connectivity index (χ4v) is 4.90. The van der Waals surface area contributed by atoms with Gasteiger partial charge in [-0.05, 0) is 43.9 Å². The van der Waals surface area contributed by atoms with Gasteiger partial charge in [-0.3, -0.25) is 9.69 Å². The smallest absolute Gasteiger partial charge is 0.261 e. The highest BCUT2D eigenvalue weighted by atomic mass is 19.3. The first-order chi connectivity index (χ1) is 14.5. The summed E-state index contributed by atoms with van der Waals surface area (Å²) in [6.45, 7) is 1.64. The third-order valence-corrected chi connectivity index (χ3v) is 6.57. The van der Waals surface area contributed by atoms with Gasteiger partial charge in [-0.15, -0.1) is 0 Å². The largest absolute Gasteiger partial charge is 0.491 e. The molecule has 2 fully saturated rings. The number of benzene rings is 1. The van der Waals surface area contributed by atoms with Gasteiger partial charge in [-0.25, -0.2) is 13.8 Å². The average Bonchev–Trinajstić information content (AvgIpc) is 3.30. The molecule has 0 atom stereocenters. The van der Waals surface area contributed by atoms with Crippen LogP contribution in [0.4, 0.5) is 8.78 Å². The number of alkyl halides is 2. The molecule has 0 unspecified atom stereocenters. The van der Waals surface area contributed by atoms with Gasteiger partial charge in [0.1, 0.15) is 12.4 Å². The Bertz CT molecular complexity index is 937. The molecule has 30 heavy (non-hydrogen) atoms. The third kappa shape index (κ3) is 3.80. The zero-order valence-electron chi connectivity index (χ0n) is 16.8. The van der Waals surface area contributed by atoms with Crippen LogP contribution >= 0.6 is 0 Å². The normalized spacial score (nSPS) is 25.7. The van der Waals surface area contributed by atoms with Crippen LogP contribution in [0.5, 0.6) is 5.75 Å². The van der Waals surface area contributed by atoms with Crippen molar-refractivity contribution in [1.82, 2.24) is 19.8 Å². The summed E-state index contributed by atoms with van der Waals surface area (Å²) in [7, 11) is 0. The van der Waals surface area contributed by atoms with Crippen molar-refractivity contribution in [3.05, 3.63) is 36.3 Å². The number of aromatic nitrogens is 2. The predicted molar refractivity (Wildman–Crippen MR) is 108 cm³/mol. The zero-order chi connectivity index (χ0) is 20.7. The molecule has 1 aliphatic carbocycles. The number of halogens is 2. The van der Waals surface area contributed by atoms with E-state index in [1.165, 1.54) is 0 Å². The maximum absolute atomic E-state index is 13.5. The molecule has 3 aliphatic rings. The van der Waals surface area contributed by atoms with E-state index in [2.05, 4.69) is 10.3 Å². The van der Waals surface area contributed by atoms with Crippen molar-refractivity contribution in [2.24, 2.45) is 0 Å². The highest BCUT2D eigenvalue weighted by Gasteiger charge is 2.41. The topological polar surface area (TPSA) is 59.4 Å². The van der Waals surface area contributed by atoms with Gasteiger partial charge in [0.25, 0.3) is 11.8 Å². The van der Waals surface area contributed by atoms with Crippen molar-refractivity contribution >= 4 is 5.91 Å². The van der Waals surface area contributed by atoms with Crippen LogP contribution in [0, 0.1) is 0 Å². The lowest BCUT2D eigenvalue weighted by Gasteiger charge is -2.34. The number of carbonyl (C=O) groups excluding carboxylic acids is 1. The minimum Gasteiger partial charge on any atom is -0.491 e. The van der Waals surface area contributed by atoms with Crippen LogP contribution in [0.15, 0.2) is 30.7 Å². The van der Waals surface area contributed by atoms with E-state index in [-0.39, 0.29) is 31.0 Å². The molecule has 1 amide bonds. The standard InChI is InChI=1S/C22H26F2N4O2/c23-22(24)7-8-27(13-22)17-4-2-16(3-5-17)26-21(29)15-1-6-20-18(11-15)19-12-25-14-28(19)9-10-30-20/h1,6,11-12,14,16-17H,2-5,7-10,13H2,(H,26,29). The number of nitrogens with zero attached hydrogens (tertiary/aromatic N) is 3. The minimum atomic E-state index is -2.55. The highest BCUT2D eigenvalue weighted by molar-refractivity contribution is 5.96. The van der Waals surface area contributed by atoms with Crippen LogP contribution in [0.1, 0.15) is 42.5 Å². The van der Waals surface area contributed by atoms with Crippen LogP contribution < -0.4 is 10.1 Å². The average molecular weight is 416 g/mol. The maximum atomic E-state index is 13.5. The van der Waals surface area contributed by atoms with Gasteiger partial charge in [-0.2, -0.15) is 0 Å². The Labute approximate surface area is 174 Å². The summed E-state index contributed by atoms with van der Waals surface area (Å²) in [4.78, 5) is 19.0. The van der Waals surface area contributed by atoms with Crippen LogP contribution in [-0.4, -0.2) is 58.1 Å². The number of likely N-dealkylation sites (tertiary alicyclic amines) is 1. The van der Waals surface area contributed by atoms with E-state index >= 15 is 0 Å². The summed E-state index contributed by atoms with van der Waals surface area (Å²) in [5.74, 6) is -1.90. The Morgan fingerprint density at radius 2 is 2.03 bits per heavy atom. The van der Waals surface area contributed by atoms with Crippen LogP contribution in [0.2, 0.25) is 0 Å². The molecule has 1 N–H and O–H groups in total. The predicted octanol–water partition coefficient (Wildman–Crippen LogP) is 3.32. The summed E-state index contributed by atoms with van der Waals surface area (Å²) in [5.41, 5.74) is 2.41. The van der Waals surface area contributed by atoms with E-state index in [0.717, 1.165) is 49.2 Å². The molecular weight excluding hydrogens is 390 g/mol. The van der Waals surface area contributed by atoms with Crippen molar-refractivity contribution in [2.75, 3.05) is 19.7 Å². The summed E-state index contributed by atoms with van der Waals surface area (Å²) in [6, 6.07) is 5.78. The van der Waals surface area contributed by atoms with Gasteiger partial charge in [-0.1, -0.05) is 0 Å². The number of ether oxygens (including phenoxy) is 1. The number of carbonyl (C=O) groups is 1. The number of hydrogen-bond acceptors (Lipinski definition) is 4. The summed E-state index contributed by atoms with van der Waals surface area (Å²) >= 11 is 0. The molecule has 1 aromatic carbocycles. The monoisotopic (exact) mass is 416 g/mol.